The summed E-state index contributed by atoms with van der Waals surface area (Å²) in [6, 6.07) is 12.3. The SMILES string of the molecule is COCCC(C)Oc1c([C@H](C)N)ccc2ccccc12. The van der Waals surface area contributed by atoms with Gasteiger partial charge in [-0.2, -0.15) is 0 Å². The van der Waals surface area contributed by atoms with E-state index < -0.39 is 0 Å². The Kier molecular flexibility index (Phi) is 4.99. The summed E-state index contributed by atoms with van der Waals surface area (Å²) < 4.78 is 11.3. The van der Waals surface area contributed by atoms with Crippen molar-refractivity contribution in [3.63, 3.8) is 0 Å². The van der Waals surface area contributed by atoms with Gasteiger partial charge in [0.25, 0.3) is 0 Å². The van der Waals surface area contributed by atoms with Gasteiger partial charge in [0.15, 0.2) is 0 Å². The van der Waals surface area contributed by atoms with Crippen LogP contribution in [0.5, 0.6) is 5.75 Å². The summed E-state index contributed by atoms with van der Waals surface area (Å²) in [7, 11) is 1.71. The number of ether oxygens (including phenoxy) is 2. The molecule has 0 heterocycles. The van der Waals surface area contributed by atoms with Crippen LogP contribution in [0.15, 0.2) is 36.4 Å². The molecule has 2 aromatic rings. The van der Waals surface area contributed by atoms with E-state index >= 15 is 0 Å². The lowest BCUT2D eigenvalue weighted by molar-refractivity contribution is 0.135. The first-order valence-electron chi connectivity index (χ1n) is 7.06. The van der Waals surface area contributed by atoms with Crippen molar-refractivity contribution in [2.24, 2.45) is 5.73 Å². The highest BCUT2D eigenvalue weighted by molar-refractivity contribution is 5.89. The van der Waals surface area contributed by atoms with E-state index in [4.69, 9.17) is 15.2 Å². The van der Waals surface area contributed by atoms with Crippen LogP contribution in [0.1, 0.15) is 31.9 Å². The van der Waals surface area contributed by atoms with Gasteiger partial charge >= 0.3 is 0 Å². The summed E-state index contributed by atoms with van der Waals surface area (Å²) in [6.07, 6.45) is 0.955. The highest BCUT2D eigenvalue weighted by Gasteiger charge is 2.14. The summed E-state index contributed by atoms with van der Waals surface area (Å²) in [5, 5.41) is 2.29. The van der Waals surface area contributed by atoms with E-state index in [1.165, 1.54) is 5.39 Å². The summed E-state index contributed by atoms with van der Waals surface area (Å²) in [5.41, 5.74) is 7.13. The molecule has 20 heavy (non-hydrogen) atoms. The van der Waals surface area contributed by atoms with Crippen LogP contribution in [-0.4, -0.2) is 19.8 Å². The second-order valence-corrected chi connectivity index (χ2v) is 5.20. The highest BCUT2D eigenvalue weighted by atomic mass is 16.5. The molecular formula is C17H23NO2. The number of hydrogen-bond acceptors (Lipinski definition) is 3. The zero-order chi connectivity index (χ0) is 14.5. The third-order valence-electron chi connectivity index (χ3n) is 3.45. The lowest BCUT2D eigenvalue weighted by Gasteiger charge is -2.21. The number of methoxy groups -OCH3 is 1. The van der Waals surface area contributed by atoms with Gasteiger partial charge in [-0.15, -0.1) is 0 Å². The molecule has 0 aromatic heterocycles. The van der Waals surface area contributed by atoms with Crippen molar-refractivity contribution in [2.45, 2.75) is 32.4 Å². The maximum Gasteiger partial charge on any atom is 0.132 e. The third-order valence-corrected chi connectivity index (χ3v) is 3.45. The summed E-state index contributed by atoms with van der Waals surface area (Å²) in [6.45, 7) is 4.74. The topological polar surface area (TPSA) is 44.5 Å². The number of hydrogen-bond donors (Lipinski definition) is 1. The lowest BCUT2D eigenvalue weighted by atomic mass is 10.0. The molecule has 2 atom stereocenters. The molecular weight excluding hydrogens is 250 g/mol. The maximum absolute atomic E-state index is 6.16. The van der Waals surface area contributed by atoms with Gasteiger partial charge in [-0.3, -0.25) is 0 Å². The highest BCUT2D eigenvalue weighted by Crippen LogP contribution is 2.33. The van der Waals surface area contributed by atoms with Gasteiger partial charge in [-0.1, -0.05) is 36.4 Å². The molecule has 0 spiro atoms. The second kappa shape index (κ2) is 6.73. The molecule has 0 amide bonds. The molecule has 0 aliphatic heterocycles. The second-order valence-electron chi connectivity index (χ2n) is 5.20. The first-order chi connectivity index (χ1) is 9.63. The van der Waals surface area contributed by atoms with Gasteiger partial charge in [0.2, 0.25) is 0 Å². The van der Waals surface area contributed by atoms with Crippen LogP contribution in [0.4, 0.5) is 0 Å². The molecule has 0 radical (unpaired) electrons. The fourth-order valence-electron chi connectivity index (χ4n) is 2.29. The van der Waals surface area contributed by atoms with Crippen LogP contribution in [0.2, 0.25) is 0 Å². The Morgan fingerprint density at radius 2 is 1.85 bits per heavy atom. The molecule has 0 bridgehead atoms. The molecule has 2 aromatic carbocycles. The normalized spacial score (nSPS) is 14.2. The molecule has 0 aliphatic carbocycles. The van der Waals surface area contributed by atoms with Gasteiger partial charge in [0.1, 0.15) is 5.75 Å². The average molecular weight is 273 g/mol. The van der Waals surface area contributed by atoms with Crippen LogP contribution in [0.25, 0.3) is 10.8 Å². The Morgan fingerprint density at radius 1 is 1.10 bits per heavy atom. The van der Waals surface area contributed by atoms with E-state index in [2.05, 4.69) is 31.2 Å². The summed E-state index contributed by atoms with van der Waals surface area (Å²) in [4.78, 5) is 0. The standard InChI is InChI=1S/C17H23NO2/c1-12(10-11-19-3)20-17-15(13(2)18)9-8-14-6-4-5-7-16(14)17/h4-9,12-13H,10-11,18H2,1-3H3/t12?,13-/m0/s1. The minimum Gasteiger partial charge on any atom is -0.490 e. The zero-order valence-corrected chi connectivity index (χ0v) is 12.4. The minimum absolute atomic E-state index is 0.0516. The largest absolute Gasteiger partial charge is 0.490 e. The van der Waals surface area contributed by atoms with Crippen LogP contribution in [0.3, 0.4) is 0 Å². The van der Waals surface area contributed by atoms with Gasteiger partial charge in [0, 0.05) is 37.1 Å². The van der Waals surface area contributed by atoms with E-state index in [-0.39, 0.29) is 12.1 Å². The van der Waals surface area contributed by atoms with Crippen LogP contribution in [-0.2, 0) is 4.74 Å². The van der Waals surface area contributed by atoms with Crippen molar-refractivity contribution in [3.8, 4) is 5.75 Å². The zero-order valence-electron chi connectivity index (χ0n) is 12.4. The Hall–Kier alpha value is -1.58. The fraction of sp³-hybridized carbons (Fsp3) is 0.412. The minimum atomic E-state index is -0.0516. The van der Waals surface area contributed by atoms with Crippen molar-refractivity contribution in [3.05, 3.63) is 42.0 Å². The van der Waals surface area contributed by atoms with Gasteiger partial charge in [0.05, 0.1) is 6.10 Å². The van der Waals surface area contributed by atoms with Crippen LogP contribution < -0.4 is 10.5 Å². The molecule has 3 heteroatoms. The molecule has 1 unspecified atom stereocenters. The smallest absolute Gasteiger partial charge is 0.132 e. The summed E-state index contributed by atoms with van der Waals surface area (Å²) in [5.74, 6) is 0.904. The molecule has 0 fully saturated rings. The van der Waals surface area contributed by atoms with E-state index in [0.29, 0.717) is 6.61 Å². The Balaban J connectivity index is 2.39. The van der Waals surface area contributed by atoms with E-state index in [1.807, 2.05) is 19.1 Å². The van der Waals surface area contributed by atoms with Crippen molar-refractivity contribution in [1.82, 2.24) is 0 Å². The molecule has 0 aliphatic rings. The van der Waals surface area contributed by atoms with Crippen molar-refractivity contribution < 1.29 is 9.47 Å². The number of rotatable bonds is 6. The molecule has 2 N–H and O–H groups in total. The Morgan fingerprint density at radius 3 is 2.55 bits per heavy atom. The van der Waals surface area contributed by atoms with Crippen LogP contribution >= 0.6 is 0 Å². The monoisotopic (exact) mass is 273 g/mol. The van der Waals surface area contributed by atoms with Gasteiger partial charge in [-0.05, 0) is 19.2 Å². The van der Waals surface area contributed by atoms with Crippen molar-refractivity contribution in [1.29, 1.82) is 0 Å². The van der Waals surface area contributed by atoms with E-state index in [0.717, 1.165) is 23.1 Å². The van der Waals surface area contributed by atoms with E-state index in [9.17, 15) is 0 Å². The molecule has 3 nitrogen and oxygen atoms in total. The number of fused-ring (bicyclic) bond motifs is 1. The quantitative estimate of drug-likeness (QED) is 0.873. The van der Waals surface area contributed by atoms with E-state index in [1.54, 1.807) is 7.11 Å². The molecule has 2 rings (SSSR count). The van der Waals surface area contributed by atoms with Gasteiger partial charge < -0.3 is 15.2 Å². The summed E-state index contributed by atoms with van der Waals surface area (Å²) >= 11 is 0. The first kappa shape index (κ1) is 14.8. The third kappa shape index (κ3) is 3.30. The Bertz CT molecular complexity index is 566. The number of nitrogens with two attached hydrogens (primary N) is 1. The maximum atomic E-state index is 6.16. The lowest BCUT2D eigenvalue weighted by Crippen LogP contribution is -2.17. The number of benzene rings is 2. The molecule has 0 saturated carbocycles. The van der Waals surface area contributed by atoms with Crippen molar-refractivity contribution in [2.75, 3.05) is 13.7 Å². The van der Waals surface area contributed by atoms with Crippen LogP contribution in [0, 0.1) is 0 Å². The molecule has 108 valence electrons. The molecule has 0 saturated heterocycles. The fourth-order valence-corrected chi connectivity index (χ4v) is 2.29. The Labute approximate surface area is 120 Å². The first-order valence-corrected chi connectivity index (χ1v) is 7.06. The average Bonchev–Trinajstić information content (AvgIpc) is 2.45. The predicted molar refractivity (Wildman–Crippen MR) is 83.1 cm³/mol. The van der Waals surface area contributed by atoms with Crippen molar-refractivity contribution >= 4 is 10.8 Å². The van der Waals surface area contributed by atoms with Gasteiger partial charge in [-0.25, -0.2) is 0 Å². The predicted octanol–water partition coefficient (Wildman–Crippen LogP) is 3.66.